The third-order valence-corrected chi connectivity index (χ3v) is 3.75. The minimum absolute atomic E-state index is 0.0974. The highest BCUT2D eigenvalue weighted by Crippen LogP contribution is 2.40. The predicted octanol–water partition coefficient (Wildman–Crippen LogP) is 1.51. The molecule has 16 heavy (non-hydrogen) atoms. The van der Waals surface area contributed by atoms with Crippen molar-refractivity contribution in [3.63, 3.8) is 0 Å². The molecule has 4 nitrogen and oxygen atoms in total. The van der Waals surface area contributed by atoms with E-state index in [-0.39, 0.29) is 18.1 Å². The fourth-order valence-electron chi connectivity index (χ4n) is 2.65. The molecular formula is C12H20N2O2. The molecule has 1 saturated heterocycles. The van der Waals surface area contributed by atoms with Gasteiger partial charge in [0.05, 0.1) is 24.5 Å². The van der Waals surface area contributed by atoms with Crippen molar-refractivity contribution >= 4 is 0 Å². The molecular weight excluding hydrogens is 204 g/mol. The second-order valence-electron chi connectivity index (χ2n) is 4.87. The second kappa shape index (κ2) is 4.18. The van der Waals surface area contributed by atoms with Crippen LogP contribution in [-0.4, -0.2) is 27.1 Å². The average Bonchev–Trinajstić information content (AvgIpc) is 2.73. The molecule has 0 aliphatic carbocycles. The van der Waals surface area contributed by atoms with Crippen molar-refractivity contribution in [1.29, 1.82) is 0 Å². The Kier molecular flexibility index (Phi) is 3.04. The van der Waals surface area contributed by atoms with Crippen molar-refractivity contribution in [3.8, 4) is 0 Å². The molecule has 5 unspecified atom stereocenters. The number of aryl methyl sites for hydroxylation is 1. The molecule has 0 radical (unpaired) electrons. The molecule has 2 heterocycles. The van der Waals surface area contributed by atoms with Gasteiger partial charge in [-0.2, -0.15) is 5.10 Å². The molecule has 0 amide bonds. The molecule has 0 aromatic carbocycles. The van der Waals surface area contributed by atoms with E-state index in [0.717, 1.165) is 5.56 Å². The van der Waals surface area contributed by atoms with Gasteiger partial charge < -0.3 is 9.84 Å². The minimum Gasteiger partial charge on any atom is -0.388 e. The molecule has 1 aromatic rings. The van der Waals surface area contributed by atoms with E-state index in [4.69, 9.17) is 4.74 Å². The van der Waals surface area contributed by atoms with Gasteiger partial charge in [-0.3, -0.25) is 4.68 Å². The van der Waals surface area contributed by atoms with Crippen LogP contribution < -0.4 is 0 Å². The Morgan fingerprint density at radius 3 is 2.50 bits per heavy atom. The quantitative estimate of drug-likeness (QED) is 0.828. The van der Waals surface area contributed by atoms with Crippen LogP contribution in [0.2, 0.25) is 0 Å². The summed E-state index contributed by atoms with van der Waals surface area (Å²) in [6.45, 7) is 6.24. The predicted molar refractivity (Wildman–Crippen MR) is 60.8 cm³/mol. The Morgan fingerprint density at radius 1 is 1.38 bits per heavy atom. The third-order valence-electron chi connectivity index (χ3n) is 3.75. The normalized spacial score (nSPS) is 36.6. The van der Waals surface area contributed by atoms with Gasteiger partial charge in [0.1, 0.15) is 0 Å². The molecule has 1 N–H and O–H groups in total. The lowest BCUT2D eigenvalue weighted by molar-refractivity contribution is 0.0231. The van der Waals surface area contributed by atoms with E-state index in [0.29, 0.717) is 5.92 Å². The maximum Gasteiger partial charge on any atom is 0.0876 e. The van der Waals surface area contributed by atoms with E-state index >= 15 is 0 Å². The van der Waals surface area contributed by atoms with Gasteiger partial charge in [-0.15, -0.1) is 0 Å². The lowest BCUT2D eigenvalue weighted by Crippen LogP contribution is -2.24. The van der Waals surface area contributed by atoms with E-state index in [1.54, 1.807) is 10.9 Å². The highest BCUT2D eigenvalue weighted by molar-refractivity contribution is 5.11. The van der Waals surface area contributed by atoms with Crippen LogP contribution in [0.15, 0.2) is 12.4 Å². The summed E-state index contributed by atoms with van der Waals surface area (Å²) in [5, 5.41) is 14.5. The minimum atomic E-state index is -0.483. The van der Waals surface area contributed by atoms with Crippen LogP contribution in [0.1, 0.15) is 32.4 Å². The highest BCUT2D eigenvalue weighted by Gasteiger charge is 2.41. The molecule has 0 saturated carbocycles. The summed E-state index contributed by atoms with van der Waals surface area (Å²) in [6, 6.07) is 0. The van der Waals surface area contributed by atoms with Gasteiger partial charge in [-0.05, 0) is 19.8 Å². The number of aliphatic hydroxyl groups excluding tert-OH is 1. The van der Waals surface area contributed by atoms with Gasteiger partial charge in [0, 0.05) is 24.7 Å². The molecule has 1 aromatic heterocycles. The molecule has 2 rings (SSSR count). The van der Waals surface area contributed by atoms with Gasteiger partial charge in [-0.25, -0.2) is 0 Å². The molecule has 1 aliphatic rings. The molecule has 0 bridgehead atoms. The first-order valence-electron chi connectivity index (χ1n) is 5.82. The van der Waals surface area contributed by atoms with E-state index in [9.17, 15) is 5.11 Å². The number of aliphatic hydroxyl groups is 1. The van der Waals surface area contributed by atoms with E-state index < -0.39 is 6.10 Å². The maximum absolute atomic E-state index is 10.4. The lowest BCUT2D eigenvalue weighted by Gasteiger charge is -2.23. The Morgan fingerprint density at radius 2 is 2.06 bits per heavy atom. The molecule has 5 atom stereocenters. The Bertz CT molecular complexity index is 364. The largest absolute Gasteiger partial charge is 0.388 e. The summed E-state index contributed by atoms with van der Waals surface area (Å²) < 4.78 is 7.46. The lowest BCUT2D eigenvalue weighted by atomic mass is 9.83. The number of nitrogens with zero attached hydrogens (tertiary/aromatic N) is 2. The van der Waals surface area contributed by atoms with Crippen molar-refractivity contribution in [3.05, 3.63) is 18.0 Å². The summed E-state index contributed by atoms with van der Waals surface area (Å²) in [4.78, 5) is 0. The first-order chi connectivity index (χ1) is 7.50. The third kappa shape index (κ3) is 1.87. The van der Waals surface area contributed by atoms with Crippen LogP contribution in [0, 0.1) is 11.8 Å². The van der Waals surface area contributed by atoms with Gasteiger partial charge in [0.15, 0.2) is 0 Å². The molecule has 4 heteroatoms. The second-order valence-corrected chi connectivity index (χ2v) is 4.87. The molecule has 90 valence electrons. The summed E-state index contributed by atoms with van der Waals surface area (Å²) in [5.74, 6) is 0.518. The van der Waals surface area contributed by atoms with Crippen molar-refractivity contribution < 1.29 is 9.84 Å². The topological polar surface area (TPSA) is 47.3 Å². The summed E-state index contributed by atoms with van der Waals surface area (Å²) in [6.07, 6.45) is 3.43. The van der Waals surface area contributed by atoms with Gasteiger partial charge in [-0.1, -0.05) is 6.92 Å². The van der Waals surface area contributed by atoms with Crippen LogP contribution in [0.25, 0.3) is 0 Å². The zero-order valence-corrected chi connectivity index (χ0v) is 10.3. The monoisotopic (exact) mass is 224 g/mol. The first kappa shape index (κ1) is 11.6. The molecule has 0 spiro atoms. The van der Waals surface area contributed by atoms with Crippen molar-refractivity contribution in [2.45, 2.75) is 39.1 Å². The zero-order chi connectivity index (χ0) is 11.9. The Balaban J connectivity index is 2.18. The van der Waals surface area contributed by atoms with Crippen LogP contribution in [-0.2, 0) is 11.8 Å². The molecule has 1 fully saturated rings. The smallest absolute Gasteiger partial charge is 0.0876 e. The number of aromatic nitrogens is 2. The molecule has 1 aliphatic heterocycles. The van der Waals surface area contributed by atoms with Gasteiger partial charge >= 0.3 is 0 Å². The van der Waals surface area contributed by atoms with Crippen LogP contribution in [0.5, 0.6) is 0 Å². The maximum atomic E-state index is 10.4. The Labute approximate surface area is 96.2 Å². The first-order valence-corrected chi connectivity index (χ1v) is 5.82. The van der Waals surface area contributed by atoms with Crippen LogP contribution in [0.4, 0.5) is 0 Å². The van der Waals surface area contributed by atoms with E-state index in [1.165, 1.54) is 0 Å². The fraction of sp³-hybridized carbons (Fsp3) is 0.750. The van der Waals surface area contributed by atoms with Crippen molar-refractivity contribution in [2.24, 2.45) is 18.9 Å². The highest BCUT2D eigenvalue weighted by atomic mass is 16.5. The average molecular weight is 224 g/mol. The van der Waals surface area contributed by atoms with Crippen LogP contribution >= 0.6 is 0 Å². The Hall–Kier alpha value is -0.870. The van der Waals surface area contributed by atoms with Crippen molar-refractivity contribution in [1.82, 2.24) is 9.78 Å². The summed E-state index contributed by atoms with van der Waals surface area (Å²) in [5.41, 5.74) is 0.879. The zero-order valence-electron chi connectivity index (χ0n) is 10.3. The standard InChI is InChI=1S/C12H20N2O2/c1-7-8(2)16-9(3)11(7)12(15)10-5-13-14(4)6-10/h5-9,11-12,15H,1-4H3. The van der Waals surface area contributed by atoms with Crippen LogP contribution in [0.3, 0.4) is 0 Å². The summed E-state index contributed by atoms with van der Waals surface area (Å²) >= 11 is 0. The van der Waals surface area contributed by atoms with E-state index in [1.807, 2.05) is 20.2 Å². The number of rotatable bonds is 2. The van der Waals surface area contributed by atoms with E-state index in [2.05, 4.69) is 18.9 Å². The van der Waals surface area contributed by atoms with Gasteiger partial charge in [0.25, 0.3) is 0 Å². The number of hydrogen-bond donors (Lipinski definition) is 1. The SMILES string of the molecule is CC1OC(C)C(C(O)c2cnn(C)c2)C1C. The number of hydrogen-bond acceptors (Lipinski definition) is 3. The number of ether oxygens (including phenoxy) is 1. The van der Waals surface area contributed by atoms with Crippen molar-refractivity contribution in [2.75, 3.05) is 0 Å². The summed E-state index contributed by atoms with van der Waals surface area (Å²) in [7, 11) is 1.86. The van der Waals surface area contributed by atoms with Gasteiger partial charge in [0.2, 0.25) is 0 Å². The fourth-order valence-corrected chi connectivity index (χ4v) is 2.65.